The van der Waals surface area contributed by atoms with Crippen molar-refractivity contribution in [3.8, 4) is 0 Å². The van der Waals surface area contributed by atoms with Crippen molar-refractivity contribution in [2.45, 2.75) is 0 Å². The molecular weight excluding hydrogens is 425 g/mol. The summed E-state index contributed by atoms with van der Waals surface area (Å²) >= 11 is 12.7. The highest BCUT2D eigenvalue weighted by Crippen LogP contribution is 2.36. The predicted octanol–water partition coefficient (Wildman–Crippen LogP) is 4.62. The fourth-order valence-electron chi connectivity index (χ4n) is 3.03. The molecule has 7 nitrogen and oxygen atoms in total. The Morgan fingerprint density at radius 1 is 1.00 bits per heavy atom. The van der Waals surface area contributed by atoms with Crippen molar-refractivity contribution in [1.29, 1.82) is 0 Å². The van der Waals surface area contributed by atoms with E-state index in [0.717, 1.165) is 18.8 Å². The van der Waals surface area contributed by atoms with E-state index in [1.165, 1.54) is 6.20 Å². The van der Waals surface area contributed by atoms with Gasteiger partial charge in [-0.05, 0) is 24.3 Å². The van der Waals surface area contributed by atoms with Crippen LogP contribution in [-0.4, -0.2) is 42.2 Å². The first-order valence-corrected chi connectivity index (χ1v) is 10.1. The first-order chi connectivity index (χ1) is 14.6. The molecule has 30 heavy (non-hydrogen) atoms. The van der Waals surface area contributed by atoms with Crippen LogP contribution in [0.3, 0.4) is 0 Å². The van der Waals surface area contributed by atoms with Gasteiger partial charge in [0.25, 0.3) is 5.91 Å². The molecule has 0 radical (unpaired) electrons. The minimum Gasteiger partial charge on any atom is -0.378 e. The Labute approximate surface area is 184 Å². The summed E-state index contributed by atoms with van der Waals surface area (Å²) < 4.78 is 5.38. The summed E-state index contributed by atoms with van der Waals surface area (Å²) in [6, 6.07) is 12.6. The second kappa shape index (κ2) is 9.30. The number of carbonyl (C=O) groups is 1. The molecule has 0 spiro atoms. The highest BCUT2D eigenvalue weighted by molar-refractivity contribution is 6.41. The van der Waals surface area contributed by atoms with Crippen molar-refractivity contribution >= 4 is 52.1 Å². The average molecular weight is 444 g/mol. The van der Waals surface area contributed by atoms with E-state index < -0.39 is 0 Å². The van der Waals surface area contributed by atoms with Gasteiger partial charge in [-0.3, -0.25) is 4.79 Å². The third kappa shape index (κ3) is 4.64. The van der Waals surface area contributed by atoms with Crippen LogP contribution in [0.25, 0.3) is 0 Å². The van der Waals surface area contributed by atoms with Crippen LogP contribution in [0.2, 0.25) is 10.0 Å². The van der Waals surface area contributed by atoms with Gasteiger partial charge in [0.2, 0.25) is 0 Å². The van der Waals surface area contributed by atoms with Crippen LogP contribution < -0.4 is 15.5 Å². The number of rotatable bonds is 5. The number of nitrogens with one attached hydrogen (secondary N) is 2. The van der Waals surface area contributed by atoms with Crippen molar-refractivity contribution in [3.05, 3.63) is 70.5 Å². The lowest BCUT2D eigenvalue weighted by atomic mass is 10.2. The first kappa shape index (κ1) is 20.4. The monoisotopic (exact) mass is 443 g/mol. The van der Waals surface area contributed by atoms with E-state index in [4.69, 9.17) is 27.9 Å². The average Bonchev–Trinajstić information content (AvgIpc) is 2.80. The second-order valence-corrected chi connectivity index (χ2v) is 7.38. The van der Waals surface area contributed by atoms with Gasteiger partial charge in [0.05, 0.1) is 42.0 Å². The number of amides is 1. The molecule has 2 N–H and O–H groups in total. The van der Waals surface area contributed by atoms with Gasteiger partial charge in [0, 0.05) is 18.7 Å². The molecule has 1 fully saturated rings. The van der Waals surface area contributed by atoms with Gasteiger partial charge >= 0.3 is 0 Å². The minimum atomic E-state index is -0.315. The van der Waals surface area contributed by atoms with Crippen LogP contribution in [-0.2, 0) is 4.74 Å². The summed E-state index contributed by atoms with van der Waals surface area (Å²) in [6.07, 6.45) is 3.22. The van der Waals surface area contributed by atoms with Gasteiger partial charge in [-0.2, -0.15) is 0 Å². The van der Waals surface area contributed by atoms with Crippen LogP contribution in [0, 0.1) is 0 Å². The van der Waals surface area contributed by atoms with Gasteiger partial charge in [-0.15, -0.1) is 0 Å². The smallest absolute Gasteiger partial charge is 0.255 e. The lowest BCUT2D eigenvalue weighted by Crippen LogP contribution is -2.36. The molecule has 0 aliphatic carbocycles. The molecule has 3 aromatic rings. The Morgan fingerprint density at radius 2 is 1.77 bits per heavy atom. The molecule has 1 aromatic carbocycles. The molecule has 3 heterocycles. The minimum absolute atomic E-state index is 0.200. The standard InChI is InChI=1S/C21H19Cl2N5O2/c22-16-13-25-20(18(23)19(16)27-21(29)14-4-2-1-3-5-14)26-17-7-6-15(12-24-17)28-8-10-30-11-9-28/h1-7,12-13H,8-11H2,(H2,24,25,26,27,29). The molecular formula is C21H19Cl2N5O2. The number of hydrogen-bond donors (Lipinski definition) is 2. The van der Waals surface area contributed by atoms with Crippen molar-refractivity contribution in [2.75, 3.05) is 41.8 Å². The fraction of sp³-hybridized carbons (Fsp3) is 0.190. The molecule has 1 aliphatic heterocycles. The zero-order valence-corrected chi connectivity index (χ0v) is 17.5. The summed E-state index contributed by atoms with van der Waals surface area (Å²) in [5, 5.41) is 6.27. The van der Waals surface area contributed by atoms with Crippen LogP contribution in [0.15, 0.2) is 54.9 Å². The van der Waals surface area contributed by atoms with Crippen LogP contribution >= 0.6 is 23.2 Å². The quantitative estimate of drug-likeness (QED) is 0.598. The number of halogens is 2. The molecule has 0 unspecified atom stereocenters. The van der Waals surface area contributed by atoms with E-state index in [9.17, 15) is 4.79 Å². The molecule has 1 amide bonds. The van der Waals surface area contributed by atoms with Crippen LogP contribution in [0.5, 0.6) is 0 Å². The number of benzene rings is 1. The molecule has 9 heteroatoms. The number of hydrogen-bond acceptors (Lipinski definition) is 6. The Bertz CT molecular complexity index is 1030. The summed E-state index contributed by atoms with van der Waals surface area (Å²) in [7, 11) is 0. The van der Waals surface area contributed by atoms with Crippen LogP contribution in [0.4, 0.5) is 23.0 Å². The van der Waals surface area contributed by atoms with Crippen molar-refractivity contribution in [2.24, 2.45) is 0 Å². The molecule has 0 atom stereocenters. The van der Waals surface area contributed by atoms with E-state index in [-0.39, 0.29) is 21.6 Å². The van der Waals surface area contributed by atoms with E-state index in [0.29, 0.717) is 30.4 Å². The molecule has 2 aromatic heterocycles. The number of anilines is 4. The Morgan fingerprint density at radius 3 is 2.47 bits per heavy atom. The summed E-state index contributed by atoms with van der Waals surface area (Å²) in [5.74, 6) is 0.602. The zero-order chi connectivity index (χ0) is 20.9. The molecule has 0 bridgehead atoms. The second-order valence-electron chi connectivity index (χ2n) is 6.59. The van der Waals surface area contributed by atoms with E-state index in [1.807, 2.05) is 18.2 Å². The van der Waals surface area contributed by atoms with Crippen molar-refractivity contribution in [1.82, 2.24) is 9.97 Å². The molecule has 1 saturated heterocycles. The van der Waals surface area contributed by atoms with Crippen molar-refractivity contribution < 1.29 is 9.53 Å². The molecule has 4 rings (SSSR count). The summed E-state index contributed by atoms with van der Waals surface area (Å²) in [5.41, 5.74) is 1.81. The SMILES string of the molecule is O=C(Nc1c(Cl)cnc(Nc2ccc(N3CCOCC3)cn2)c1Cl)c1ccccc1. The maximum absolute atomic E-state index is 12.5. The highest BCUT2D eigenvalue weighted by Gasteiger charge is 2.17. The zero-order valence-electron chi connectivity index (χ0n) is 15.9. The van der Waals surface area contributed by atoms with E-state index in [1.54, 1.807) is 30.5 Å². The topological polar surface area (TPSA) is 79.4 Å². The van der Waals surface area contributed by atoms with Gasteiger partial charge < -0.3 is 20.3 Å². The molecule has 1 aliphatic rings. The van der Waals surface area contributed by atoms with Crippen LogP contribution in [0.1, 0.15) is 10.4 Å². The number of carbonyl (C=O) groups excluding carboxylic acids is 1. The Hall–Kier alpha value is -2.87. The Balaban J connectivity index is 1.51. The maximum Gasteiger partial charge on any atom is 0.255 e. The largest absolute Gasteiger partial charge is 0.378 e. The van der Waals surface area contributed by atoms with E-state index in [2.05, 4.69) is 25.5 Å². The lowest BCUT2D eigenvalue weighted by Gasteiger charge is -2.28. The third-order valence-electron chi connectivity index (χ3n) is 4.62. The number of morpholine rings is 1. The first-order valence-electron chi connectivity index (χ1n) is 9.38. The van der Waals surface area contributed by atoms with Gasteiger partial charge in [0.15, 0.2) is 5.82 Å². The van der Waals surface area contributed by atoms with Gasteiger partial charge in [-0.25, -0.2) is 9.97 Å². The number of pyridine rings is 2. The van der Waals surface area contributed by atoms with Gasteiger partial charge in [0.1, 0.15) is 10.8 Å². The van der Waals surface area contributed by atoms with E-state index >= 15 is 0 Å². The fourth-order valence-corrected chi connectivity index (χ4v) is 3.52. The summed E-state index contributed by atoms with van der Waals surface area (Å²) in [6.45, 7) is 3.09. The normalized spacial score (nSPS) is 13.7. The summed E-state index contributed by atoms with van der Waals surface area (Å²) in [4.78, 5) is 23.4. The predicted molar refractivity (Wildman–Crippen MR) is 119 cm³/mol. The lowest BCUT2D eigenvalue weighted by molar-refractivity contribution is 0.102. The number of nitrogens with zero attached hydrogens (tertiary/aromatic N) is 3. The number of aromatic nitrogens is 2. The molecule has 154 valence electrons. The highest BCUT2D eigenvalue weighted by atomic mass is 35.5. The maximum atomic E-state index is 12.5. The number of ether oxygens (including phenoxy) is 1. The molecule has 0 saturated carbocycles. The third-order valence-corrected chi connectivity index (χ3v) is 5.27. The Kier molecular flexibility index (Phi) is 6.32. The van der Waals surface area contributed by atoms with Gasteiger partial charge in [-0.1, -0.05) is 41.4 Å². The van der Waals surface area contributed by atoms with Crippen molar-refractivity contribution in [3.63, 3.8) is 0 Å².